The molecule has 1 aromatic heterocycles. The van der Waals surface area contributed by atoms with Gasteiger partial charge >= 0.3 is 0 Å². The van der Waals surface area contributed by atoms with Gasteiger partial charge in [-0.3, -0.25) is 9.59 Å². The van der Waals surface area contributed by atoms with Gasteiger partial charge in [-0.05, 0) is 38.1 Å². The largest absolute Gasteiger partial charge is 0.355 e. The molecule has 6 nitrogen and oxygen atoms in total. The van der Waals surface area contributed by atoms with Gasteiger partial charge in [-0.2, -0.15) is 5.10 Å². The molecular weight excluding hydrogens is 376 g/mol. The second kappa shape index (κ2) is 8.71. The molecule has 3 rings (SSSR count). The Labute approximate surface area is 168 Å². The highest BCUT2D eigenvalue weighted by atomic mass is 35.5. The minimum Gasteiger partial charge on any atom is -0.355 e. The van der Waals surface area contributed by atoms with Crippen LogP contribution in [0.1, 0.15) is 24.2 Å². The fraction of sp³-hybridized carbons (Fsp3) is 0.190. The number of halogens is 1. The van der Waals surface area contributed by atoms with Gasteiger partial charge in [0.1, 0.15) is 11.7 Å². The highest BCUT2D eigenvalue weighted by molar-refractivity contribution is 6.30. The number of aromatic nitrogens is 2. The van der Waals surface area contributed by atoms with Gasteiger partial charge in [0, 0.05) is 23.3 Å². The molecule has 7 heteroatoms. The quantitative estimate of drug-likeness (QED) is 0.670. The molecular formula is C21H21ClN4O2. The summed E-state index contributed by atoms with van der Waals surface area (Å²) in [6.07, 6.45) is 1.67. The van der Waals surface area contributed by atoms with E-state index in [1.54, 1.807) is 29.9 Å². The molecule has 2 N–H and O–H groups in total. The highest BCUT2D eigenvalue weighted by Crippen LogP contribution is 2.25. The summed E-state index contributed by atoms with van der Waals surface area (Å²) >= 11 is 5.99. The van der Waals surface area contributed by atoms with Crippen LogP contribution in [-0.2, 0) is 4.79 Å². The van der Waals surface area contributed by atoms with Crippen molar-refractivity contribution in [1.82, 2.24) is 20.4 Å². The van der Waals surface area contributed by atoms with Gasteiger partial charge in [-0.1, -0.05) is 41.9 Å². The van der Waals surface area contributed by atoms with Crippen LogP contribution >= 0.6 is 11.6 Å². The molecule has 0 spiro atoms. The van der Waals surface area contributed by atoms with Crippen molar-refractivity contribution < 1.29 is 9.59 Å². The third-order valence-electron chi connectivity index (χ3n) is 4.19. The molecule has 0 aliphatic heterocycles. The summed E-state index contributed by atoms with van der Waals surface area (Å²) in [5.41, 5.74) is 2.48. The summed E-state index contributed by atoms with van der Waals surface area (Å²) in [5.74, 6) is -0.606. The van der Waals surface area contributed by atoms with Gasteiger partial charge in [0.15, 0.2) is 0 Å². The lowest BCUT2D eigenvalue weighted by Gasteiger charge is -2.13. The molecule has 2 aromatic carbocycles. The highest BCUT2D eigenvalue weighted by Gasteiger charge is 2.22. The second-order valence-electron chi connectivity index (χ2n) is 6.27. The van der Waals surface area contributed by atoms with E-state index in [1.807, 2.05) is 49.4 Å². The number of nitrogens with one attached hydrogen (secondary N) is 2. The van der Waals surface area contributed by atoms with Crippen molar-refractivity contribution in [2.45, 2.75) is 19.9 Å². The lowest BCUT2D eigenvalue weighted by molar-refractivity contribution is -0.122. The van der Waals surface area contributed by atoms with Crippen molar-refractivity contribution >= 4 is 23.4 Å². The number of carbonyl (C=O) groups is 2. The second-order valence-corrected chi connectivity index (χ2v) is 6.70. The van der Waals surface area contributed by atoms with Crippen LogP contribution in [-0.4, -0.2) is 34.2 Å². The zero-order chi connectivity index (χ0) is 20.1. The summed E-state index contributed by atoms with van der Waals surface area (Å²) in [6.45, 7) is 3.97. The molecule has 2 amide bonds. The first-order chi connectivity index (χ1) is 13.5. The molecule has 3 aromatic rings. The maximum atomic E-state index is 12.9. The van der Waals surface area contributed by atoms with Crippen LogP contribution in [0.2, 0.25) is 5.02 Å². The van der Waals surface area contributed by atoms with E-state index in [4.69, 9.17) is 11.6 Å². The Morgan fingerprint density at radius 2 is 1.79 bits per heavy atom. The fourth-order valence-corrected chi connectivity index (χ4v) is 2.87. The van der Waals surface area contributed by atoms with Crippen LogP contribution in [0.25, 0.3) is 16.9 Å². The molecule has 0 saturated heterocycles. The number of hydrogen-bond donors (Lipinski definition) is 2. The average Bonchev–Trinajstić information content (AvgIpc) is 3.15. The van der Waals surface area contributed by atoms with Crippen molar-refractivity contribution in [3.63, 3.8) is 0 Å². The van der Waals surface area contributed by atoms with E-state index < -0.39 is 6.04 Å². The van der Waals surface area contributed by atoms with Crippen molar-refractivity contribution in [2.75, 3.05) is 6.54 Å². The first-order valence-electron chi connectivity index (χ1n) is 8.99. The Hall–Kier alpha value is -3.12. The number of rotatable bonds is 6. The number of hydrogen-bond acceptors (Lipinski definition) is 3. The third kappa shape index (κ3) is 4.40. The molecule has 0 unspecified atom stereocenters. The summed E-state index contributed by atoms with van der Waals surface area (Å²) in [7, 11) is 0. The predicted octanol–water partition coefficient (Wildman–Crippen LogP) is 3.45. The maximum Gasteiger partial charge on any atom is 0.255 e. The summed E-state index contributed by atoms with van der Waals surface area (Å²) in [6, 6.07) is 16.0. The summed E-state index contributed by atoms with van der Waals surface area (Å²) in [4.78, 5) is 24.9. The standard InChI is InChI=1S/C21H21ClN4O2/c1-3-23-20(27)14(2)24-21(28)18-13-26(17-7-5-4-6-8-17)25-19(18)15-9-11-16(22)12-10-15/h4-14H,3H2,1-2H3,(H,23,27)(H,24,28)/t14-/m1/s1. The molecule has 0 aliphatic rings. The number of amides is 2. The number of likely N-dealkylation sites (N-methyl/N-ethyl adjacent to an activating group) is 1. The van der Waals surface area contributed by atoms with E-state index in [0.717, 1.165) is 11.3 Å². The maximum absolute atomic E-state index is 12.9. The van der Waals surface area contributed by atoms with Crippen molar-refractivity contribution in [1.29, 1.82) is 0 Å². The SMILES string of the molecule is CCNC(=O)[C@@H](C)NC(=O)c1cn(-c2ccccc2)nc1-c1ccc(Cl)cc1. The molecule has 0 saturated carbocycles. The fourth-order valence-electron chi connectivity index (χ4n) is 2.74. The zero-order valence-electron chi connectivity index (χ0n) is 15.6. The van der Waals surface area contributed by atoms with Crippen molar-refractivity contribution in [2.24, 2.45) is 0 Å². The lowest BCUT2D eigenvalue weighted by atomic mass is 10.1. The molecule has 144 valence electrons. The van der Waals surface area contributed by atoms with Gasteiger partial charge in [0.05, 0.1) is 11.3 Å². The summed E-state index contributed by atoms with van der Waals surface area (Å²) in [5, 5.41) is 10.6. The van der Waals surface area contributed by atoms with Gasteiger partial charge in [-0.25, -0.2) is 4.68 Å². The number of nitrogens with zero attached hydrogens (tertiary/aromatic N) is 2. The third-order valence-corrected chi connectivity index (χ3v) is 4.44. The monoisotopic (exact) mass is 396 g/mol. The van der Waals surface area contributed by atoms with Gasteiger partial charge < -0.3 is 10.6 Å². The van der Waals surface area contributed by atoms with Crippen molar-refractivity contribution in [3.8, 4) is 16.9 Å². The first kappa shape index (κ1) is 19.6. The van der Waals surface area contributed by atoms with Gasteiger partial charge in [0.25, 0.3) is 5.91 Å². The van der Waals surface area contributed by atoms with Crippen LogP contribution < -0.4 is 10.6 Å². The lowest BCUT2D eigenvalue weighted by Crippen LogP contribution is -2.44. The minimum absolute atomic E-state index is 0.237. The van der Waals surface area contributed by atoms with E-state index >= 15 is 0 Å². The van der Waals surface area contributed by atoms with E-state index in [9.17, 15) is 9.59 Å². The predicted molar refractivity (Wildman–Crippen MR) is 110 cm³/mol. The topological polar surface area (TPSA) is 76.0 Å². The van der Waals surface area contributed by atoms with Crippen LogP contribution in [0.3, 0.4) is 0 Å². The Kier molecular flexibility index (Phi) is 6.11. The van der Waals surface area contributed by atoms with E-state index in [0.29, 0.717) is 22.8 Å². The average molecular weight is 397 g/mol. The molecule has 0 aliphatic carbocycles. The molecule has 1 atom stereocenters. The Balaban J connectivity index is 1.98. The first-order valence-corrected chi connectivity index (χ1v) is 9.37. The minimum atomic E-state index is -0.661. The van der Waals surface area contributed by atoms with Crippen LogP contribution in [0.15, 0.2) is 60.8 Å². The Bertz CT molecular complexity index is 968. The molecule has 1 heterocycles. The van der Waals surface area contributed by atoms with E-state index in [1.165, 1.54) is 0 Å². The Morgan fingerprint density at radius 1 is 1.11 bits per heavy atom. The summed E-state index contributed by atoms with van der Waals surface area (Å²) < 4.78 is 1.65. The van der Waals surface area contributed by atoms with E-state index in [-0.39, 0.29) is 11.8 Å². The number of para-hydroxylation sites is 1. The normalized spacial score (nSPS) is 11.7. The van der Waals surface area contributed by atoms with Crippen LogP contribution in [0.5, 0.6) is 0 Å². The number of carbonyl (C=O) groups excluding carboxylic acids is 2. The van der Waals surface area contributed by atoms with Gasteiger partial charge in [0.2, 0.25) is 5.91 Å². The Morgan fingerprint density at radius 3 is 2.43 bits per heavy atom. The van der Waals surface area contributed by atoms with E-state index in [2.05, 4.69) is 15.7 Å². The number of benzene rings is 2. The molecule has 28 heavy (non-hydrogen) atoms. The zero-order valence-corrected chi connectivity index (χ0v) is 16.4. The van der Waals surface area contributed by atoms with Crippen molar-refractivity contribution in [3.05, 3.63) is 71.4 Å². The molecule has 0 radical (unpaired) electrons. The molecule has 0 bridgehead atoms. The molecule has 0 fully saturated rings. The van der Waals surface area contributed by atoms with Crippen LogP contribution in [0, 0.1) is 0 Å². The van der Waals surface area contributed by atoms with Gasteiger partial charge in [-0.15, -0.1) is 0 Å². The smallest absolute Gasteiger partial charge is 0.255 e. The van der Waals surface area contributed by atoms with Crippen LogP contribution in [0.4, 0.5) is 0 Å².